The number of amides is 1. The van der Waals surface area contributed by atoms with Gasteiger partial charge in [0.1, 0.15) is 5.58 Å². The van der Waals surface area contributed by atoms with Gasteiger partial charge < -0.3 is 14.5 Å². The SMILES string of the molecule is CCn1c(SCC(=O)NC[C@H]2CCCO2)nnc1-c1cc2ccccc2o1. The van der Waals surface area contributed by atoms with Crippen molar-refractivity contribution in [3.05, 3.63) is 30.3 Å². The number of hydrogen-bond acceptors (Lipinski definition) is 6. The number of nitrogens with one attached hydrogen (secondary N) is 1. The van der Waals surface area contributed by atoms with Gasteiger partial charge in [-0.3, -0.25) is 9.36 Å². The smallest absolute Gasteiger partial charge is 0.230 e. The Bertz CT molecular complexity index is 897. The van der Waals surface area contributed by atoms with Gasteiger partial charge >= 0.3 is 0 Å². The molecular weight excluding hydrogens is 364 g/mol. The van der Waals surface area contributed by atoms with Gasteiger partial charge in [-0.15, -0.1) is 10.2 Å². The molecule has 1 aliphatic rings. The van der Waals surface area contributed by atoms with Crippen molar-refractivity contribution in [1.82, 2.24) is 20.1 Å². The quantitative estimate of drug-likeness (QED) is 0.629. The number of thioether (sulfide) groups is 1. The van der Waals surface area contributed by atoms with E-state index in [9.17, 15) is 4.79 Å². The fraction of sp³-hybridized carbons (Fsp3) is 0.421. The van der Waals surface area contributed by atoms with Crippen molar-refractivity contribution in [2.45, 2.75) is 37.6 Å². The molecule has 0 bridgehead atoms. The van der Waals surface area contributed by atoms with Crippen LogP contribution in [-0.4, -0.2) is 45.7 Å². The van der Waals surface area contributed by atoms with Crippen LogP contribution in [0.2, 0.25) is 0 Å². The van der Waals surface area contributed by atoms with Gasteiger partial charge in [0, 0.05) is 25.1 Å². The van der Waals surface area contributed by atoms with Gasteiger partial charge in [-0.1, -0.05) is 30.0 Å². The molecule has 1 saturated heterocycles. The van der Waals surface area contributed by atoms with Crippen LogP contribution in [0.4, 0.5) is 0 Å². The molecule has 142 valence electrons. The Balaban J connectivity index is 1.42. The zero-order chi connectivity index (χ0) is 18.6. The number of furan rings is 1. The minimum Gasteiger partial charge on any atom is -0.453 e. The molecule has 1 fully saturated rings. The number of benzene rings is 1. The van der Waals surface area contributed by atoms with Crippen LogP contribution >= 0.6 is 11.8 Å². The van der Waals surface area contributed by atoms with E-state index in [1.54, 1.807) is 0 Å². The molecule has 3 aromatic rings. The number of para-hydroxylation sites is 1. The van der Waals surface area contributed by atoms with Gasteiger partial charge in [0.25, 0.3) is 0 Å². The maximum absolute atomic E-state index is 12.1. The molecule has 1 N–H and O–H groups in total. The van der Waals surface area contributed by atoms with Crippen molar-refractivity contribution in [1.29, 1.82) is 0 Å². The topological polar surface area (TPSA) is 82.2 Å². The van der Waals surface area contributed by atoms with Crippen LogP contribution in [0.25, 0.3) is 22.6 Å². The highest BCUT2D eigenvalue weighted by molar-refractivity contribution is 7.99. The van der Waals surface area contributed by atoms with E-state index >= 15 is 0 Å². The second-order valence-electron chi connectivity index (χ2n) is 6.43. The first-order valence-corrected chi connectivity index (χ1v) is 10.2. The van der Waals surface area contributed by atoms with Crippen molar-refractivity contribution in [3.63, 3.8) is 0 Å². The Morgan fingerprint density at radius 2 is 2.26 bits per heavy atom. The lowest BCUT2D eigenvalue weighted by molar-refractivity contribution is -0.119. The van der Waals surface area contributed by atoms with E-state index in [-0.39, 0.29) is 12.0 Å². The third-order valence-electron chi connectivity index (χ3n) is 4.56. The van der Waals surface area contributed by atoms with Gasteiger partial charge in [-0.05, 0) is 31.9 Å². The van der Waals surface area contributed by atoms with E-state index in [4.69, 9.17) is 9.15 Å². The summed E-state index contributed by atoms with van der Waals surface area (Å²) in [6.45, 7) is 4.08. The van der Waals surface area contributed by atoms with E-state index < -0.39 is 0 Å². The normalized spacial score (nSPS) is 16.9. The van der Waals surface area contributed by atoms with Gasteiger partial charge in [-0.2, -0.15) is 0 Å². The molecule has 4 rings (SSSR count). The van der Waals surface area contributed by atoms with Crippen molar-refractivity contribution < 1.29 is 13.9 Å². The van der Waals surface area contributed by atoms with E-state index in [1.807, 2.05) is 41.8 Å². The molecule has 0 radical (unpaired) electrons. The molecule has 0 unspecified atom stereocenters. The number of fused-ring (bicyclic) bond motifs is 1. The standard InChI is InChI=1S/C19H22N4O3S/c1-2-23-18(16-10-13-6-3-4-8-15(13)26-16)21-22-19(23)27-12-17(24)20-11-14-7-5-9-25-14/h3-4,6,8,10,14H,2,5,7,9,11-12H2,1H3,(H,20,24)/t14-/m1/s1. The first kappa shape index (κ1) is 18.1. The first-order valence-electron chi connectivity index (χ1n) is 9.18. The zero-order valence-electron chi connectivity index (χ0n) is 15.2. The van der Waals surface area contributed by atoms with Crippen LogP contribution in [0.1, 0.15) is 19.8 Å². The summed E-state index contributed by atoms with van der Waals surface area (Å²) in [5, 5.41) is 13.2. The van der Waals surface area contributed by atoms with Crippen LogP contribution < -0.4 is 5.32 Å². The minimum atomic E-state index is -0.0218. The largest absolute Gasteiger partial charge is 0.453 e. The highest BCUT2D eigenvalue weighted by Gasteiger charge is 2.19. The summed E-state index contributed by atoms with van der Waals surface area (Å²) in [5.74, 6) is 1.63. The number of nitrogens with zero attached hydrogens (tertiary/aromatic N) is 3. The molecule has 2 aromatic heterocycles. The summed E-state index contributed by atoms with van der Waals surface area (Å²) in [6.07, 6.45) is 2.23. The number of ether oxygens (including phenoxy) is 1. The second-order valence-corrected chi connectivity index (χ2v) is 7.37. The number of aromatic nitrogens is 3. The van der Waals surface area contributed by atoms with E-state index in [2.05, 4.69) is 15.5 Å². The Labute approximate surface area is 161 Å². The molecule has 1 atom stereocenters. The Morgan fingerprint density at radius 1 is 1.37 bits per heavy atom. The number of carbonyl (C=O) groups is 1. The van der Waals surface area contributed by atoms with Crippen LogP contribution in [0.5, 0.6) is 0 Å². The Morgan fingerprint density at radius 3 is 3.04 bits per heavy atom. The summed E-state index contributed by atoms with van der Waals surface area (Å²) in [6, 6.07) is 9.82. The van der Waals surface area contributed by atoms with Crippen LogP contribution in [-0.2, 0) is 16.1 Å². The molecule has 1 aliphatic heterocycles. The van der Waals surface area contributed by atoms with Crippen molar-refractivity contribution >= 4 is 28.6 Å². The van der Waals surface area contributed by atoms with Gasteiger partial charge in [0.15, 0.2) is 10.9 Å². The lowest BCUT2D eigenvalue weighted by Gasteiger charge is -2.10. The van der Waals surface area contributed by atoms with E-state index in [0.717, 1.165) is 30.4 Å². The van der Waals surface area contributed by atoms with Gasteiger partial charge in [0.05, 0.1) is 11.9 Å². The van der Waals surface area contributed by atoms with Crippen molar-refractivity contribution in [3.8, 4) is 11.6 Å². The molecule has 3 heterocycles. The molecule has 0 saturated carbocycles. The van der Waals surface area contributed by atoms with E-state index in [0.29, 0.717) is 35.6 Å². The first-order chi connectivity index (χ1) is 13.2. The maximum atomic E-state index is 12.1. The van der Waals surface area contributed by atoms with Crippen molar-refractivity contribution in [2.24, 2.45) is 0 Å². The average molecular weight is 386 g/mol. The molecular formula is C19H22N4O3S. The van der Waals surface area contributed by atoms with Gasteiger partial charge in [-0.25, -0.2) is 0 Å². The third-order valence-corrected chi connectivity index (χ3v) is 5.53. The molecule has 8 heteroatoms. The fourth-order valence-electron chi connectivity index (χ4n) is 3.17. The van der Waals surface area contributed by atoms with E-state index in [1.165, 1.54) is 11.8 Å². The van der Waals surface area contributed by atoms with Crippen molar-refractivity contribution in [2.75, 3.05) is 18.9 Å². The van der Waals surface area contributed by atoms with Crippen LogP contribution in [0.15, 0.2) is 39.9 Å². The maximum Gasteiger partial charge on any atom is 0.230 e. The highest BCUT2D eigenvalue weighted by Crippen LogP contribution is 2.29. The number of rotatable bonds is 7. The van der Waals surface area contributed by atoms with Gasteiger partial charge in [0.2, 0.25) is 11.7 Å². The monoisotopic (exact) mass is 386 g/mol. The predicted octanol–water partition coefficient (Wildman–Crippen LogP) is 3.10. The molecule has 0 spiro atoms. The molecule has 27 heavy (non-hydrogen) atoms. The molecule has 7 nitrogen and oxygen atoms in total. The summed E-state index contributed by atoms with van der Waals surface area (Å²) in [5.41, 5.74) is 0.820. The second kappa shape index (κ2) is 8.14. The lowest BCUT2D eigenvalue weighted by atomic mass is 10.2. The molecule has 1 aromatic carbocycles. The Hall–Kier alpha value is -2.32. The summed E-state index contributed by atoms with van der Waals surface area (Å²) >= 11 is 1.38. The third kappa shape index (κ3) is 4.01. The minimum absolute atomic E-state index is 0.0218. The molecule has 1 amide bonds. The summed E-state index contributed by atoms with van der Waals surface area (Å²) < 4.78 is 13.4. The molecule has 0 aliphatic carbocycles. The predicted molar refractivity (Wildman–Crippen MR) is 104 cm³/mol. The number of carbonyl (C=O) groups excluding carboxylic acids is 1. The Kier molecular flexibility index (Phi) is 5.45. The fourth-order valence-corrected chi connectivity index (χ4v) is 4.00. The van der Waals surface area contributed by atoms with Crippen LogP contribution in [0.3, 0.4) is 0 Å². The summed E-state index contributed by atoms with van der Waals surface area (Å²) in [7, 11) is 0. The lowest BCUT2D eigenvalue weighted by Crippen LogP contribution is -2.32. The number of hydrogen-bond donors (Lipinski definition) is 1. The van der Waals surface area contributed by atoms with Crippen LogP contribution in [0, 0.1) is 0 Å². The average Bonchev–Trinajstić information content (AvgIpc) is 3.43. The summed E-state index contributed by atoms with van der Waals surface area (Å²) in [4.78, 5) is 12.1. The highest BCUT2D eigenvalue weighted by atomic mass is 32.2. The zero-order valence-corrected chi connectivity index (χ0v) is 16.0.